The van der Waals surface area contributed by atoms with Crippen LogP contribution in [0.5, 0.6) is 0 Å². The van der Waals surface area contributed by atoms with Crippen LogP contribution in [0, 0.1) is 0 Å². The highest BCUT2D eigenvalue weighted by molar-refractivity contribution is 6.36. The lowest BCUT2D eigenvalue weighted by molar-refractivity contribution is 0.682. The van der Waals surface area contributed by atoms with Gasteiger partial charge in [-0.2, -0.15) is 0 Å². The lowest BCUT2D eigenvalue weighted by Gasteiger charge is -2.20. The van der Waals surface area contributed by atoms with Crippen LogP contribution in [-0.4, -0.2) is 0 Å². The van der Waals surface area contributed by atoms with Gasteiger partial charge in [-0.15, -0.1) is 0 Å². The van der Waals surface area contributed by atoms with Crippen LogP contribution < -0.4 is 5.73 Å². The zero-order valence-corrected chi connectivity index (χ0v) is 12.7. The smallest absolute Gasteiger partial charge is 0.0581 e. The largest absolute Gasteiger partial charge is 0.320 e. The molecule has 0 spiro atoms. The predicted octanol–water partition coefficient (Wildman–Crippen LogP) is 4.92. The molecule has 2 aromatic rings. The van der Waals surface area contributed by atoms with Crippen LogP contribution in [0.2, 0.25) is 10.0 Å². The molecule has 0 bridgehead atoms. The fourth-order valence-electron chi connectivity index (χ4n) is 2.92. The lowest BCUT2D eigenvalue weighted by atomic mass is 9.88. The Morgan fingerprint density at radius 1 is 0.900 bits per heavy atom. The molecule has 0 saturated carbocycles. The molecule has 1 nitrogen and oxygen atoms in total. The molecular weight excluding hydrogens is 289 g/mol. The third-order valence-corrected chi connectivity index (χ3v) is 4.70. The molecule has 20 heavy (non-hydrogen) atoms. The van der Waals surface area contributed by atoms with E-state index in [-0.39, 0.29) is 6.04 Å². The first-order chi connectivity index (χ1) is 9.66. The van der Waals surface area contributed by atoms with E-state index in [1.54, 1.807) is 0 Å². The van der Waals surface area contributed by atoms with Crippen LogP contribution in [0.4, 0.5) is 0 Å². The number of hydrogen-bond donors (Lipinski definition) is 1. The molecule has 0 saturated heterocycles. The second kappa shape index (κ2) is 5.77. The minimum Gasteiger partial charge on any atom is -0.320 e. The topological polar surface area (TPSA) is 26.0 Å². The summed E-state index contributed by atoms with van der Waals surface area (Å²) in [4.78, 5) is 0. The highest BCUT2D eigenvalue weighted by Crippen LogP contribution is 2.34. The van der Waals surface area contributed by atoms with E-state index in [0.29, 0.717) is 10.0 Å². The minimum absolute atomic E-state index is 0.275. The molecule has 2 N–H and O–H groups in total. The number of nitrogens with two attached hydrogens (primary N) is 1. The van der Waals surface area contributed by atoms with Crippen molar-refractivity contribution in [1.82, 2.24) is 0 Å². The predicted molar refractivity (Wildman–Crippen MR) is 85.6 cm³/mol. The van der Waals surface area contributed by atoms with Gasteiger partial charge in [0, 0.05) is 15.6 Å². The Labute approximate surface area is 129 Å². The van der Waals surface area contributed by atoms with Crippen molar-refractivity contribution in [2.45, 2.75) is 31.7 Å². The van der Waals surface area contributed by atoms with Crippen LogP contribution >= 0.6 is 23.2 Å². The quantitative estimate of drug-likeness (QED) is 0.837. The molecule has 1 unspecified atom stereocenters. The maximum atomic E-state index is 6.38. The van der Waals surface area contributed by atoms with Gasteiger partial charge >= 0.3 is 0 Å². The third-order valence-electron chi connectivity index (χ3n) is 4.04. The Morgan fingerprint density at radius 3 is 2.25 bits per heavy atom. The molecule has 0 aliphatic heterocycles. The molecule has 2 aromatic carbocycles. The highest BCUT2D eigenvalue weighted by atomic mass is 35.5. The summed E-state index contributed by atoms with van der Waals surface area (Å²) in [5.74, 6) is 0. The molecule has 3 rings (SSSR count). The van der Waals surface area contributed by atoms with Crippen molar-refractivity contribution in [2.75, 3.05) is 0 Å². The summed E-state index contributed by atoms with van der Waals surface area (Å²) in [6, 6.07) is 11.8. The van der Waals surface area contributed by atoms with Crippen LogP contribution in [0.25, 0.3) is 0 Å². The molecule has 1 aliphatic carbocycles. The van der Waals surface area contributed by atoms with Crippen molar-refractivity contribution in [2.24, 2.45) is 5.73 Å². The molecule has 0 fully saturated rings. The maximum absolute atomic E-state index is 6.38. The van der Waals surface area contributed by atoms with E-state index in [0.717, 1.165) is 17.5 Å². The van der Waals surface area contributed by atoms with E-state index < -0.39 is 0 Å². The Balaban J connectivity index is 2.00. The average molecular weight is 306 g/mol. The third kappa shape index (κ3) is 2.58. The van der Waals surface area contributed by atoms with Crippen molar-refractivity contribution in [3.63, 3.8) is 0 Å². The van der Waals surface area contributed by atoms with Crippen molar-refractivity contribution in [1.29, 1.82) is 0 Å². The summed E-state index contributed by atoms with van der Waals surface area (Å²) >= 11 is 12.5. The summed E-state index contributed by atoms with van der Waals surface area (Å²) < 4.78 is 0. The van der Waals surface area contributed by atoms with Crippen molar-refractivity contribution < 1.29 is 0 Å². The van der Waals surface area contributed by atoms with Gasteiger partial charge in [0.2, 0.25) is 0 Å². The number of hydrogen-bond acceptors (Lipinski definition) is 1. The van der Waals surface area contributed by atoms with Gasteiger partial charge in [0.1, 0.15) is 0 Å². The van der Waals surface area contributed by atoms with Gasteiger partial charge in [-0.1, -0.05) is 47.5 Å². The summed E-state index contributed by atoms with van der Waals surface area (Å²) in [5, 5.41) is 1.26. The summed E-state index contributed by atoms with van der Waals surface area (Å²) in [6.45, 7) is 0. The fraction of sp³-hybridized carbons (Fsp3) is 0.294. The SMILES string of the molecule is NC(c1ccc2c(c1)CCCC2)c1c(Cl)cccc1Cl. The Kier molecular flexibility index (Phi) is 4.02. The van der Waals surface area contributed by atoms with Crippen LogP contribution in [0.15, 0.2) is 36.4 Å². The summed E-state index contributed by atoms with van der Waals surface area (Å²) in [5.41, 5.74) is 11.2. The molecule has 1 atom stereocenters. The first-order valence-electron chi connectivity index (χ1n) is 6.98. The molecular formula is C17H17Cl2N. The standard InChI is InChI=1S/C17H17Cl2N/c18-14-6-3-7-15(19)16(14)17(20)13-9-8-11-4-1-2-5-12(11)10-13/h3,6-10,17H,1-2,4-5,20H2. The second-order valence-corrected chi connectivity index (χ2v) is 6.16. The number of fused-ring (bicyclic) bond motifs is 1. The van der Waals surface area contributed by atoms with Gasteiger partial charge in [-0.25, -0.2) is 0 Å². The van der Waals surface area contributed by atoms with Crippen LogP contribution in [0.1, 0.15) is 41.1 Å². The molecule has 3 heteroatoms. The normalized spacial score (nSPS) is 15.8. The van der Waals surface area contributed by atoms with E-state index in [4.69, 9.17) is 28.9 Å². The Bertz CT molecular complexity index is 617. The molecule has 0 amide bonds. The Morgan fingerprint density at radius 2 is 1.55 bits per heavy atom. The number of rotatable bonds is 2. The van der Waals surface area contributed by atoms with Crippen molar-refractivity contribution in [3.8, 4) is 0 Å². The van der Waals surface area contributed by atoms with Crippen LogP contribution in [-0.2, 0) is 12.8 Å². The first kappa shape index (κ1) is 13.9. The van der Waals surface area contributed by atoms with E-state index in [2.05, 4.69) is 18.2 Å². The van der Waals surface area contributed by atoms with Gasteiger partial charge in [0.05, 0.1) is 6.04 Å². The van der Waals surface area contributed by atoms with Gasteiger partial charge in [0.25, 0.3) is 0 Å². The van der Waals surface area contributed by atoms with E-state index in [1.807, 2.05) is 18.2 Å². The van der Waals surface area contributed by atoms with Crippen LogP contribution in [0.3, 0.4) is 0 Å². The minimum atomic E-state index is -0.275. The molecule has 104 valence electrons. The molecule has 0 aromatic heterocycles. The van der Waals surface area contributed by atoms with Gasteiger partial charge in [-0.05, 0) is 54.5 Å². The highest BCUT2D eigenvalue weighted by Gasteiger charge is 2.18. The molecule has 0 radical (unpaired) electrons. The maximum Gasteiger partial charge on any atom is 0.0581 e. The summed E-state index contributed by atoms with van der Waals surface area (Å²) in [7, 11) is 0. The Hall–Kier alpha value is -1.02. The first-order valence-corrected chi connectivity index (χ1v) is 7.73. The van der Waals surface area contributed by atoms with Crippen molar-refractivity contribution in [3.05, 3.63) is 68.7 Å². The van der Waals surface area contributed by atoms with Crippen molar-refractivity contribution >= 4 is 23.2 Å². The molecule has 1 aliphatic rings. The second-order valence-electron chi connectivity index (χ2n) is 5.35. The number of aryl methyl sites for hydroxylation is 2. The van der Waals surface area contributed by atoms with Gasteiger partial charge in [-0.3, -0.25) is 0 Å². The van der Waals surface area contributed by atoms with Gasteiger partial charge in [0.15, 0.2) is 0 Å². The number of halogens is 2. The number of benzene rings is 2. The van der Waals surface area contributed by atoms with E-state index in [9.17, 15) is 0 Å². The molecule has 0 heterocycles. The van der Waals surface area contributed by atoms with Gasteiger partial charge < -0.3 is 5.73 Å². The van der Waals surface area contributed by atoms with E-state index >= 15 is 0 Å². The monoisotopic (exact) mass is 305 g/mol. The lowest BCUT2D eigenvalue weighted by Crippen LogP contribution is -2.14. The average Bonchev–Trinajstić information content (AvgIpc) is 2.46. The fourth-order valence-corrected chi connectivity index (χ4v) is 3.55. The van der Waals surface area contributed by atoms with E-state index in [1.165, 1.54) is 30.4 Å². The summed E-state index contributed by atoms with van der Waals surface area (Å²) in [6.07, 6.45) is 4.87. The zero-order valence-electron chi connectivity index (χ0n) is 11.2. The zero-order chi connectivity index (χ0) is 14.1.